The molecule has 86 valence electrons. The minimum Gasteiger partial charge on any atom is -0.392 e. The second kappa shape index (κ2) is 6.13. The molecule has 16 heavy (non-hydrogen) atoms. The Morgan fingerprint density at radius 2 is 2.12 bits per heavy atom. The van der Waals surface area contributed by atoms with E-state index >= 15 is 0 Å². The third-order valence-electron chi connectivity index (χ3n) is 1.54. The lowest BCUT2D eigenvalue weighted by atomic mass is 10.4. The van der Waals surface area contributed by atoms with E-state index in [4.69, 9.17) is 5.73 Å². The number of thiocarbonyl (C=S) groups is 1. The molecule has 1 aromatic heterocycles. The van der Waals surface area contributed by atoms with Crippen molar-refractivity contribution in [3.63, 3.8) is 0 Å². The quantitative estimate of drug-likeness (QED) is 0.483. The van der Waals surface area contributed by atoms with Gasteiger partial charge in [-0.3, -0.25) is 9.59 Å². The van der Waals surface area contributed by atoms with Gasteiger partial charge in [-0.2, -0.15) is 0 Å². The smallest absolute Gasteiger partial charge is 0.309 e. The standard InChI is InChI=1S/C8H10N4O2S2/c9-6(15)2-11-8(14)7(13)10-1-5-3-16-4-12-5/h3-4H,1-2H2,(H2,9,15)(H,10,13)(H,11,14). The number of hydrogen-bond donors (Lipinski definition) is 3. The van der Waals surface area contributed by atoms with E-state index in [0.29, 0.717) is 5.69 Å². The van der Waals surface area contributed by atoms with E-state index in [1.165, 1.54) is 11.3 Å². The molecule has 2 amide bonds. The summed E-state index contributed by atoms with van der Waals surface area (Å²) in [5.74, 6) is -1.49. The molecule has 1 rings (SSSR count). The van der Waals surface area contributed by atoms with Gasteiger partial charge in [-0.05, 0) is 0 Å². The molecule has 0 aliphatic rings. The van der Waals surface area contributed by atoms with Crippen LogP contribution in [-0.4, -0.2) is 28.3 Å². The van der Waals surface area contributed by atoms with Gasteiger partial charge in [-0.1, -0.05) is 12.2 Å². The highest BCUT2D eigenvalue weighted by atomic mass is 32.1. The van der Waals surface area contributed by atoms with Gasteiger partial charge in [0.15, 0.2) is 0 Å². The first-order chi connectivity index (χ1) is 7.59. The highest BCUT2D eigenvalue weighted by Crippen LogP contribution is 1.99. The Kier molecular flexibility index (Phi) is 4.80. The van der Waals surface area contributed by atoms with Crippen molar-refractivity contribution in [1.29, 1.82) is 0 Å². The number of carbonyl (C=O) groups excluding carboxylic acids is 2. The number of carbonyl (C=O) groups is 2. The Morgan fingerprint density at radius 3 is 2.69 bits per heavy atom. The summed E-state index contributed by atoms with van der Waals surface area (Å²) < 4.78 is 0. The van der Waals surface area contributed by atoms with Crippen LogP contribution in [0.5, 0.6) is 0 Å². The Bertz CT molecular complexity index is 391. The second-order valence-electron chi connectivity index (χ2n) is 2.81. The fourth-order valence-electron chi connectivity index (χ4n) is 0.824. The van der Waals surface area contributed by atoms with Crippen LogP contribution in [-0.2, 0) is 16.1 Å². The molecule has 1 aromatic rings. The average molecular weight is 258 g/mol. The highest BCUT2D eigenvalue weighted by Gasteiger charge is 2.12. The summed E-state index contributed by atoms with van der Waals surface area (Å²) in [6.07, 6.45) is 0. The SMILES string of the molecule is NC(=S)CNC(=O)C(=O)NCc1cscn1. The molecule has 0 unspecified atom stereocenters. The van der Waals surface area contributed by atoms with Crippen LogP contribution in [0.3, 0.4) is 0 Å². The van der Waals surface area contributed by atoms with Crippen LogP contribution in [0.1, 0.15) is 5.69 Å². The summed E-state index contributed by atoms with van der Waals surface area (Å²) in [6.45, 7) is 0.237. The van der Waals surface area contributed by atoms with E-state index in [0.717, 1.165) is 0 Å². The van der Waals surface area contributed by atoms with Crippen LogP contribution in [0.2, 0.25) is 0 Å². The van der Waals surface area contributed by atoms with Gasteiger partial charge in [0, 0.05) is 5.38 Å². The third-order valence-corrected chi connectivity index (χ3v) is 2.32. The molecule has 0 bridgehead atoms. The molecule has 0 aliphatic heterocycles. The van der Waals surface area contributed by atoms with Gasteiger partial charge in [0.2, 0.25) is 0 Å². The summed E-state index contributed by atoms with van der Waals surface area (Å²) in [5, 5.41) is 6.48. The number of aromatic nitrogens is 1. The minimum absolute atomic E-state index is 0.0122. The summed E-state index contributed by atoms with van der Waals surface area (Å²) in [5.41, 5.74) is 7.52. The Morgan fingerprint density at radius 1 is 1.44 bits per heavy atom. The van der Waals surface area contributed by atoms with Crippen molar-refractivity contribution in [3.05, 3.63) is 16.6 Å². The van der Waals surface area contributed by atoms with E-state index < -0.39 is 11.8 Å². The van der Waals surface area contributed by atoms with E-state index in [9.17, 15) is 9.59 Å². The van der Waals surface area contributed by atoms with E-state index in [2.05, 4.69) is 27.8 Å². The van der Waals surface area contributed by atoms with Gasteiger partial charge in [0.1, 0.15) is 0 Å². The van der Waals surface area contributed by atoms with Crippen molar-refractivity contribution < 1.29 is 9.59 Å². The molecule has 4 N–H and O–H groups in total. The number of hydrogen-bond acceptors (Lipinski definition) is 5. The molecule has 0 aliphatic carbocycles. The van der Waals surface area contributed by atoms with Crippen molar-refractivity contribution in [3.8, 4) is 0 Å². The van der Waals surface area contributed by atoms with Crippen molar-refractivity contribution >= 4 is 40.4 Å². The molecular formula is C8H10N4O2S2. The highest BCUT2D eigenvalue weighted by molar-refractivity contribution is 7.80. The predicted octanol–water partition coefficient (Wildman–Crippen LogP) is -0.838. The Balaban J connectivity index is 2.29. The van der Waals surface area contributed by atoms with Gasteiger partial charge in [-0.25, -0.2) is 4.98 Å². The molecule has 0 radical (unpaired) electrons. The first-order valence-electron chi connectivity index (χ1n) is 4.31. The van der Waals surface area contributed by atoms with Gasteiger partial charge in [0.25, 0.3) is 0 Å². The van der Waals surface area contributed by atoms with Crippen LogP contribution < -0.4 is 16.4 Å². The lowest BCUT2D eigenvalue weighted by Crippen LogP contribution is -2.42. The zero-order chi connectivity index (χ0) is 12.0. The number of amides is 2. The van der Waals surface area contributed by atoms with Crippen LogP contribution in [0, 0.1) is 0 Å². The van der Waals surface area contributed by atoms with Crippen LogP contribution in [0.25, 0.3) is 0 Å². The van der Waals surface area contributed by atoms with E-state index in [1.807, 2.05) is 0 Å². The molecule has 0 saturated heterocycles. The number of nitrogens with zero attached hydrogens (tertiary/aromatic N) is 1. The molecule has 0 fully saturated rings. The number of thiazole rings is 1. The number of nitrogens with two attached hydrogens (primary N) is 1. The molecular weight excluding hydrogens is 248 g/mol. The summed E-state index contributed by atoms with van der Waals surface area (Å²) >= 11 is 5.97. The average Bonchev–Trinajstić information content (AvgIpc) is 2.75. The van der Waals surface area contributed by atoms with Crippen molar-refractivity contribution in [2.45, 2.75) is 6.54 Å². The van der Waals surface area contributed by atoms with Crippen LogP contribution in [0.15, 0.2) is 10.9 Å². The second-order valence-corrected chi connectivity index (χ2v) is 4.05. The van der Waals surface area contributed by atoms with Gasteiger partial charge in [0.05, 0.1) is 29.3 Å². The van der Waals surface area contributed by atoms with E-state index in [-0.39, 0.29) is 18.1 Å². The zero-order valence-electron chi connectivity index (χ0n) is 8.23. The lowest BCUT2D eigenvalue weighted by molar-refractivity contribution is -0.139. The molecule has 6 nitrogen and oxygen atoms in total. The van der Waals surface area contributed by atoms with Crippen LogP contribution in [0.4, 0.5) is 0 Å². The number of rotatable bonds is 4. The lowest BCUT2D eigenvalue weighted by Gasteiger charge is -2.04. The molecule has 0 saturated carbocycles. The maximum absolute atomic E-state index is 11.2. The van der Waals surface area contributed by atoms with Gasteiger partial charge >= 0.3 is 11.8 Å². The van der Waals surface area contributed by atoms with E-state index in [1.54, 1.807) is 10.9 Å². The van der Waals surface area contributed by atoms with Crippen LogP contribution >= 0.6 is 23.6 Å². The third kappa shape index (κ3) is 4.32. The summed E-state index contributed by atoms with van der Waals surface area (Å²) in [6, 6.07) is 0. The molecule has 0 aromatic carbocycles. The van der Waals surface area contributed by atoms with Gasteiger partial charge in [-0.15, -0.1) is 11.3 Å². The van der Waals surface area contributed by atoms with Crippen molar-refractivity contribution in [2.24, 2.45) is 5.73 Å². The fourth-order valence-corrected chi connectivity index (χ4v) is 1.45. The largest absolute Gasteiger partial charge is 0.392 e. The monoisotopic (exact) mass is 258 g/mol. The maximum atomic E-state index is 11.2. The maximum Gasteiger partial charge on any atom is 0.309 e. The topological polar surface area (TPSA) is 97.1 Å². The fraction of sp³-hybridized carbons (Fsp3) is 0.250. The Labute approximate surface area is 101 Å². The molecule has 1 heterocycles. The normalized spacial score (nSPS) is 9.50. The van der Waals surface area contributed by atoms with Gasteiger partial charge < -0.3 is 16.4 Å². The first kappa shape index (κ1) is 12.5. The Hall–Kier alpha value is -1.54. The molecule has 8 heteroatoms. The zero-order valence-corrected chi connectivity index (χ0v) is 9.86. The molecule has 0 spiro atoms. The van der Waals surface area contributed by atoms with Crippen molar-refractivity contribution in [2.75, 3.05) is 6.54 Å². The minimum atomic E-state index is -0.761. The first-order valence-corrected chi connectivity index (χ1v) is 5.66. The molecule has 0 atom stereocenters. The number of nitrogens with one attached hydrogen (secondary N) is 2. The summed E-state index contributed by atoms with van der Waals surface area (Å²) in [7, 11) is 0. The van der Waals surface area contributed by atoms with Crippen molar-refractivity contribution in [1.82, 2.24) is 15.6 Å². The predicted molar refractivity (Wildman–Crippen MR) is 63.8 cm³/mol. The summed E-state index contributed by atoms with van der Waals surface area (Å²) in [4.78, 5) is 26.4.